The molecule has 0 radical (unpaired) electrons. The quantitative estimate of drug-likeness (QED) is 0.714. The standard InChI is InChI=1S/C16H14FN5O2S/c1-10-12(9-18)16-19-7-6-14(22(16)20-10)11-4-5-13(17)15(8-11)21(2)25(3,23)24/h4-8H,1-3H3. The third kappa shape index (κ3) is 2.81. The van der Waals surface area contributed by atoms with Gasteiger partial charge in [-0.25, -0.2) is 22.3 Å². The predicted octanol–water partition coefficient (Wildman–Crippen LogP) is 2.11. The van der Waals surface area contributed by atoms with Gasteiger partial charge in [0, 0.05) is 18.8 Å². The molecule has 0 spiro atoms. The van der Waals surface area contributed by atoms with Crippen LogP contribution >= 0.6 is 0 Å². The highest BCUT2D eigenvalue weighted by molar-refractivity contribution is 7.92. The van der Waals surface area contributed by atoms with Gasteiger partial charge in [0.25, 0.3) is 0 Å². The Bertz CT molecular complexity index is 1130. The maximum Gasteiger partial charge on any atom is 0.232 e. The molecule has 0 amide bonds. The summed E-state index contributed by atoms with van der Waals surface area (Å²) in [6.07, 6.45) is 2.52. The Balaban J connectivity index is 2.25. The molecule has 0 aliphatic rings. The van der Waals surface area contributed by atoms with Gasteiger partial charge in [0.2, 0.25) is 10.0 Å². The van der Waals surface area contributed by atoms with Gasteiger partial charge in [-0.15, -0.1) is 0 Å². The second-order valence-electron chi connectivity index (χ2n) is 5.53. The van der Waals surface area contributed by atoms with E-state index in [0.29, 0.717) is 28.2 Å². The fourth-order valence-electron chi connectivity index (χ4n) is 2.49. The summed E-state index contributed by atoms with van der Waals surface area (Å²) >= 11 is 0. The Morgan fingerprint density at radius 3 is 2.68 bits per heavy atom. The fourth-order valence-corrected chi connectivity index (χ4v) is 2.99. The lowest BCUT2D eigenvalue weighted by Crippen LogP contribution is -2.25. The summed E-state index contributed by atoms with van der Waals surface area (Å²) in [6, 6.07) is 7.87. The molecule has 0 saturated heterocycles. The Morgan fingerprint density at radius 1 is 1.32 bits per heavy atom. The number of rotatable bonds is 3. The number of nitrogens with zero attached hydrogens (tertiary/aromatic N) is 5. The summed E-state index contributed by atoms with van der Waals surface area (Å²) in [5, 5.41) is 13.6. The summed E-state index contributed by atoms with van der Waals surface area (Å²) in [7, 11) is -2.33. The van der Waals surface area contributed by atoms with Crippen LogP contribution in [0.4, 0.5) is 10.1 Å². The van der Waals surface area contributed by atoms with E-state index in [1.54, 1.807) is 13.0 Å². The average Bonchev–Trinajstić information content (AvgIpc) is 2.89. The number of nitriles is 1. The zero-order chi connectivity index (χ0) is 18.4. The SMILES string of the molecule is Cc1nn2c(-c3ccc(F)c(N(C)S(C)(=O)=O)c3)ccnc2c1C#N. The van der Waals surface area contributed by atoms with Crippen LogP contribution in [0.2, 0.25) is 0 Å². The molecule has 128 valence electrons. The van der Waals surface area contributed by atoms with E-state index in [9.17, 15) is 18.1 Å². The predicted molar refractivity (Wildman–Crippen MR) is 91.1 cm³/mol. The molecule has 0 saturated carbocycles. The minimum atomic E-state index is -3.61. The molecule has 2 heterocycles. The second-order valence-corrected chi connectivity index (χ2v) is 7.55. The van der Waals surface area contributed by atoms with Crippen molar-refractivity contribution >= 4 is 21.4 Å². The van der Waals surface area contributed by atoms with Crippen LogP contribution < -0.4 is 4.31 Å². The molecule has 0 aliphatic heterocycles. The van der Waals surface area contributed by atoms with Crippen molar-refractivity contribution in [1.82, 2.24) is 14.6 Å². The van der Waals surface area contributed by atoms with Crippen molar-refractivity contribution in [2.75, 3.05) is 17.6 Å². The third-order valence-corrected chi connectivity index (χ3v) is 5.08. The average molecular weight is 359 g/mol. The lowest BCUT2D eigenvalue weighted by Gasteiger charge is -2.18. The topological polar surface area (TPSA) is 91.4 Å². The summed E-state index contributed by atoms with van der Waals surface area (Å²) in [5.41, 5.74) is 2.31. The smallest absolute Gasteiger partial charge is 0.232 e. The van der Waals surface area contributed by atoms with Crippen molar-refractivity contribution in [3.63, 3.8) is 0 Å². The molecule has 7 nitrogen and oxygen atoms in total. The molecule has 3 aromatic rings. The summed E-state index contributed by atoms with van der Waals surface area (Å²) in [6.45, 7) is 1.70. The highest BCUT2D eigenvalue weighted by Gasteiger charge is 2.19. The summed E-state index contributed by atoms with van der Waals surface area (Å²) in [5.74, 6) is -0.656. The summed E-state index contributed by atoms with van der Waals surface area (Å²) < 4.78 is 39.9. The van der Waals surface area contributed by atoms with Crippen molar-refractivity contribution in [3.05, 3.63) is 47.5 Å². The molecule has 25 heavy (non-hydrogen) atoms. The van der Waals surface area contributed by atoms with E-state index >= 15 is 0 Å². The van der Waals surface area contributed by atoms with Crippen molar-refractivity contribution < 1.29 is 12.8 Å². The lowest BCUT2D eigenvalue weighted by atomic mass is 10.1. The number of fused-ring (bicyclic) bond motifs is 1. The van der Waals surface area contributed by atoms with Gasteiger partial charge >= 0.3 is 0 Å². The van der Waals surface area contributed by atoms with Gasteiger partial charge in [0.05, 0.1) is 23.3 Å². The van der Waals surface area contributed by atoms with Gasteiger partial charge in [-0.05, 0) is 31.2 Å². The van der Waals surface area contributed by atoms with Gasteiger partial charge in [0.1, 0.15) is 17.4 Å². The first-order chi connectivity index (χ1) is 11.7. The number of hydrogen-bond donors (Lipinski definition) is 0. The van der Waals surface area contributed by atoms with Crippen LogP contribution in [-0.2, 0) is 10.0 Å². The minimum Gasteiger partial charge on any atom is -0.271 e. The molecular weight excluding hydrogens is 345 g/mol. The normalized spacial score (nSPS) is 11.5. The van der Waals surface area contributed by atoms with Crippen LogP contribution in [0.5, 0.6) is 0 Å². The Morgan fingerprint density at radius 2 is 2.04 bits per heavy atom. The highest BCUT2D eigenvalue weighted by atomic mass is 32.2. The molecule has 0 N–H and O–H groups in total. The lowest BCUT2D eigenvalue weighted by molar-refractivity contribution is 0.595. The van der Waals surface area contributed by atoms with Gasteiger partial charge in [-0.3, -0.25) is 4.31 Å². The summed E-state index contributed by atoms with van der Waals surface area (Å²) in [4.78, 5) is 4.17. The van der Waals surface area contributed by atoms with E-state index in [4.69, 9.17) is 0 Å². The number of sulfonamides is 1. The number of aryl methyl sites for hydroxylation is 1. The number of aromatic nitrogens is 3. The second kappa shape index (κ2) is 5.82. The highest BCUT2D eigenvalue weighted by Crippen LogP contribution is 2.28. The maximum absolute atomic E-state index is 14.1. The van der Waals surface area contributed by atoms with Crippen molar-refractivity contribution in [1.29, 1.82) is 5.26 Å². The van der Waals surface area contributed by atoms with Gasteiger partial charge in [0.15, 0.2) is 5.65 Å². The molecule has 0 atom stereocenters. The van der Waals surface area contributed by atoms with Crippen molar-refractivity contribution in [2.24, 2.45) is 0 Å². The van der Waals surface area contributed by atoms with E-state index in [0.717, 1.165) is 10.6 Å². The molecule has 0 aliphatic carbocycles. The van der Waals surface area contributed by atoms with E-state index < -0.39 is 15.8 Å². The van der Waals surface area contributed by atoms with Gasteiger partial charge in [-0.1, -0.05) is 0 Å². The zero-order valence-electron chi connectivity index (χ0n) is 13.7. The molecular formula is C16H14FN5O2S. The van der Waals surface area contributed by atoms with Crippen molar-refractivity contribution in [2.45, 2.75) is 6.92 Å². The van der Waals surface area contributed by atoms with Crippen LogP contribution in [0, 0.1) is 24.1 Å². The first-order valence-corrected chi connectivity index (χ1v) is 9.07. The van der Waals surface area contributed by atoms with E-state index in [1.807, 2.05) is 0 Å². The first kappa shape index (κ1) is 16.9. The number of hydrogen-bond acceptors (Lipinski definition) is 5. The Hall–Kier alpha value is -2.99. The van der Waals surface area contributed by atoms with Gasteiger partial charge in [-0.2, -0.15) is 10.4 Å². The van der Waals surface area contributed by atoms with E-state index in [1.165, 1.54) is 36.0 Å². The van der Waals surface area contributed by atoms with Crippen LogP contribution in [-0.4, -0.2) is 36.3 Å². The van der Waals surface area contributed by atoms with Gasteiger partial charge < -0.3 is 0 Å². The molecule has 0 fully saturated rings. The molecule has 2 aromatic heterocycles. The Labute approximate surface area is 144 Å². The largest absolute Gasteiger partial charge is 0.271 e. The van der Waals surface area contributed by atoms with E-state index in [-0.39, 0.29) is 5.69 Å². The molecule has 0 unspecified atom stereocenters. The molecule has 0 bridgehead atoms. The molecule has 1 aromatic carbocycles. The third-order valence-electron chi connectivity index (χ3n) is 3.88. The monoisotopic (exact) mass is 359 g/mol. The van der Waals surface area contributed by atoms with E-state index in [2.05, 4.69) is 16.2 Å². The zero-order valence-corrected chi connectivity index (χ0v) is 14.5. The first-order valence-electron chi connectivity index (χ1n) is 7.22. The van der Waals surface area contributed by atoms with Crippen molar-refractivity contribution in [3.8, 4) is 17.3 Å². The van der Waals surface area contributed by atoms with Crippen LogP contribution in [0.15, 0.2) is 30.5 Å². The Kier molecular flexibility index (Phi) is 3.93. The molecule has 3 rings (SSSR count). The number of anilines is 1. The maximum atomic E-state index is 14.1. The van der Waals surface area contributed by atoms with Crippen LogP contribution in [0.3, 0.4) is 0 Å². The number of benzene rings is 1. The molecule has 9 heteroatoms. The minimum absolute atomic E-state index is 0.0747. The number of halogens is 1. The van der Waals surface area contributed by atoms with Crippen LogP contribution in [0.1, 0.15) is 11.3 Å². The van der Waals surface area contributed by atoms with Crippen LogP contribution in [0.25, 0.3) is 16.9 Å². The fraction of sp³-hybridized carbons (Fsp3) is 0.188.